The standard InChI is InChI=1S/C29H35N5O4/c1-29(2,27(35)36)38-25-10-5-9-24(15-25)33-14-6-8-22(19-33)32-28(37)34(23-12-13-23)18-20-7-3-4-11-26(20)21-16-30-31-17-21/h3-5,7,9-11,15-17,22-23H,6,8,12-14,18-19H2,1-2H3,(H,30,31)(H,32,37)(H,35,36)/t22-/m1/s1. The topological polar surface area (TPSA) is 111 Å². The van der Waals surface area contributed by atoms with Crippen LogP contribution in [-0.4, -0.2) is 63.0 Å². The van der Waals surface area contributed by atoms with E-state index in [1.165, 1.54) is 13.8 Å². The average molecular weight is 518 g/mol. The second kappa shape index (κ2) is 10.8. The summed E-state index contributed by atoms with van der Waals surface area (Å²) < 4.78 is 5.74. The molecular weight excluding hydrogens is 482 g/mol. The second-order valence-electron chi connectivity index (χ2n) is 10.7. The van der Waals surface area contributed by atoms with Crippen molar-refractivity contribution >= 4 is 17.7 Å². The minimum absolute atomic E-state index is 0.0154. The van der Waals surface area contributed by atoms with E-state index in [1.54, 1.807) is 12.3 Å². The summed E-state index contributed by atoms with van der Waals surface area (Å²) in [5, 5.41) is 19.7. The van der Waals surface area contributed by atoms with Gasteiger partial charge in [0.15, 0.2) is 5.60 Å². The Hall–Kier alpha value is -4.01. The third kappa shape index (κ3) is 5.93. The number of hydrogen-bond acceptors (Lipinski definition) is 5. The maximum absolute atomic E-state index is 13.5. The van der Waals surface area contributed by atoms with Crippen molar-refractivity contribution in [2.24, 2.45) is 0 Å². The molecule has 5 rings (SSSR count). The van der Waals surface area contributed by atoms with Crippen molar-refractivity contribution in [1.29, 1.82) is 0 Å². The van der Waals surface area contributed by atoms with E-state index in [9.17, 15) is 14.7 Å². The third-order valence-corrected chi connectivity index (χ3v) is 7.24. The number of hydrogen-bond donors (Lipinski definition) is 3. The maximum atomic E-state index is 13.5. The van der Waals surface area contributed by atoms with Gasteiger partial charge in [0, 0.05) is 55.2 Å². The highest BCUT2D eigenvalue weighted by atomic mass is 16.5. The summed E-state index contributed by atoms with van der Waals surface area (Å²) >= 11 is 0. The van der Waals surface area contributed by atoms with Gasteiger partial charge in [0.05, 0.1) is 6.20 Å². The SMILES string of the molecule is CC(C)(Oc1cccc(N2CCC[C@@H](NC(=O)N(Cc3ccccc3-c3cn[nH]c3)C3CC3)C2)c1)C(=O)O. The number of anilines is 1. The number of rotatable bonds is 9. The summed E-state index contributed by atoms with van der Waals surface area (Å²) in [7, 11) is 0. The molecule has 200 valence electrons. The highest BCUT2D eigenvalue weighted by Crippen LogP contribution is 2.32. The van der Waals surface area contributed by atoms with Crippen molar-refractivity contribution in [3.8, 4) is 16.9 Å². The number of aromatic amines is 1. The van der Waals surface area contributed by atoms with E-state index in [0.717, 1.165) is 54.6 Å². The number of carboxylic acids is 1. The van der Waals surface area contributed by atoms with Gasteiger partial charge < -0.3 is 25.0 Å². The van der Waals surface area contributed by atoms with Gasteiger partial charge in [-0.3, -0.25) is 5.10 Å². The summed E-state index contributed by atoms with van der Waals surface area (Å²) in [6.07, 6.45) is 7.59. The van der Waals surface area contributed by atoms with E-state index >= 15 is 0 Å². The molecule has 0 unspecified atom stereocenters. The van der Waals surface area contributed by atoms with Crippen LogP contribution in [0.3, 0.4) is 0 Å². The first-order valence-corrected chi connectivity index (χ1v) is 13.2. The van der Waals surface area contributed by atoms with E-state index < -0.39 is 11.6 Å². The molecule has 38 heavy (non-hydrogen) atoms. The molecule has 9 heteroatoms. The number of H-pyrrole nitrogens is 1. The first-order valence-electron chi connectivity index (χ1n) is 13.2. The Balaban J connectivity index is 1.25. The minimum atomic E-state index is -1.32. The molecule has 0 bridgehead atoms. The number of urea groups is 1. The first-order chi connectivity index (χ1) is 18.3. The molecule has 1 aromatic heterocycles. The van der Waals surface area contributed by atoms with Crippen molar-refractivity contribution in [2.45, 2.75) is 63.8 Å². The Bertz CT molecular complexity index is 1270. The number of aliphatic carboxylic acids is 1. The van der Waals surface area contributed by atoms with Gasteiger partial charge in [-0.1, -0.05) is 30.3 Å². The molecule has 2 aliphatic rings. The Morgan fingerprint density at radius 1 is 1.18 bits per heavy atom. The zero-order valence-electron chi connectivity index (χ0n) is 21.9. The lowest BCUT2D eigenvalue weighted by Gasteiger charge is -2.36. The maximum Gasteiger partial charge on any atom is 0.347 e. The number of aromatic nitrogens is 2. The highest BCUT2D eigenvalue weighted by molar-refractivity contribution is 5.77. The van der Waals surface area contributed by atoms with Crippen LogP contribution < -0.4 is 15.0 Å². The van der Waals surface area contributed by atoms with E-state index in [0.29, 0.717) is 18.8 Å². The van der Waals surface area contributed by atoms with Crippen LogP contribution in [0.2, 0.25) is 0 Å². The molecule has 1 aliphatic carbocycles. The van der Waals surface area contributed by atoms with Gasteiger partial charge >= 0.3 is 12.0 Å². The van der Waals surface area contributed by atoms with Crippen LogP contribution in [0.15, 0.2) is 60.9 Å². The molecule has 1 saturated heterocycles. The third-order valence-electron chi connectivity index (χ3n) is 7.24. The van der Waals surface area contributed by atoms with Crippen molar-refractivity contribution in [3.63, 3.8) is 0 Å². The van der Waals surface area contributed by atoms with Crippen LogP contribution in [-0.2, 0) is 11.3 Å². The molecule has 1 atom stereocenters. The van der Waals surface area contributed by atoms with Crippen LogP contribution >= 0.6 is 0 Å². The van der Waals surface area contributed by atoms with E-state index in [4.69, 9.17) is 4.74 Å². The molecule has 3 N–H and O–H groups in total. The molecule has 2 heterocycles. The van der Waals surface area contributed by atoms with Crippen LogP contribution in [0.4, 0.5) is 10.5 Å². The number of amides is 2. The fourth-order valence-corrected chi connectivity index (χ4v) is 4.94. The molecular formula is C29H35N5O4. The van der Waals surface area contributed by atoms with Gasteiger partial charge in [-0.05, 0) is 62.8 Å². The number of ether oxygens (including phenoxy) is 1. The summed E-state index contributed by atoms with van der Waals surface area (Å²) in [5.41, 5.74) is 2.83. The highest BCUT2D eigenvalue weighted by Gasteiger charge is 2.35. The van der Waals surface area contributed by atoms with Crippen LogP contribution in [0.1, 0.15) is 45.1 Å². The lowest BCUT2D eigenvalue weighted by molar-refractivity contribution is -0.152. The number of nitrogens with one attached hydrogen (secondary N) is 2. The predicted molar refractivity (Wildman–Crippen MR) is 145 cm³/mol. The average Bonchev–Trinajstić information content (AvgIpc) is 3.60. The number of benzene rings is 2. The largest absolute Gasteiger partial charge is 0.478 e. The van der Waals surface area contributed by atoms with E-state index in [1.807, 2.05) is 41.4 Å². The molecule has 3 aromatic rings. The molecule has 0 radical (unpaired) electrons. The summed E-state index contributed by atoms with van der Waals surface area (Å²) in [4.78, 5) is 29.2. The lowest BCUT2D eigenvalue weighted by atomic mass is 10.0. The Morgan fingerprint density at radius 3 is 2.74 bits per heavy atom. The van der Waals surface area contributed by atoms with Crippen LogP contribution in [0.25, 0.3) is 11.1 Å². The number of carbonyl (C=O) groups is 2. The second-order valence-corrected chi connectivity index (χ2v) is 10.7. The molecule has 2 amide bonds. The molecule has 1 saturated carbocycles. The Labute approximate surface area is 222 Å². The zero-order valence-corrected chi connectivity index (χ0v) is 21.9. The molecule has 2 aromatic carbocycles. The molecule has 9 nitrogen and oxygen atoms in total. The summed E-state index contributed by atoms with van der Waals surface area (Å²) in [5.74, 6) is -0.506. The van der Waals surface area contributed by atoms with Gasteiger partial charge in [-0.15, -0.1) is 0 Å². The number of nitrogens with zero attached hydrogens (tertiary/aromatic N) is 3. The van der Waals surface area contributed by atoms with Crippen LogP contribution in [0.5, 0.6) is 5.75 Å². The van der Waals surface area contributed by atoms with Gasteiger partial charge in [0.25, 0.3) is 0 Å². The van der Waals surface area contributed by atoms with Crippen LogP contribution in [0, 0.1) is 0 Å². The van der Waals surface area contributed by atoms with Crippen molar-refractivity contribution < 1.29 is 19.4 Å². The monoisotopic (exact) mass is 517 g/mol. The van der Waals surface area contributed by atoms with Crippen molar-refractivity contribution in [1.82, 2.24) is 20.4 Å². The van der Waals surface area contributed by atoms with Gasteiger partial charge in [-0.25, -0.2) is 9.59 Å². The Morgan fingerprint density at radius 2 is 2.00 bits per heavy atom. The number of carbonyl (C=O) groups excluding carboxylic acids is 1. The number of piperidine rings is 1. The molecule has 1 aliphatic heterocycles. The smallest absolute Gasteiger partial charge is 0.347 e. The van der Waals surface area contributed by atoms with E-state index in [-0.39, 0.29) is 18.1 Å². The zero-order chi connectivity index (χ0) is 26.7. The predicted octanol–water partition coefficient (Wildman–Crippen LogP) is 4.66. The Kier molecular flexibility index (Phi) is 7.26. The summed E-state index contributed by atoms with van der Waals surface area (Å²) in [6, 6.07) is 15.9. The number of carboxylic acid groups (broad SMARTS) is 1. The van der Waals surface area contributed by atoms with E-state index in [2.05, 4.69) is 32.5 Å². The lowest BCUT2D eigenvalue weighted by Crippen LogP contribution is -2.52. The van der Waals surface area contributed by atoms with Gasteiger partial charge in [0.2, 0.25) is 0 Å². The molecule has 0 spiro atoms. The van der Waals surface area contributed by atoms with Crippen molar-refractivity contribution in [2.75, 3.05) is 18.0 Å². The van der Waals surface area contributed by atoms with Crippen molar-refractivity contribution in [3.05, 3.63) is 66.5 Å². The quantitative estimate of drug-likeness (QED) is 0.381. The summed E-state index contributed by atoms with van der Waals surface area (Å²) in [6.45, 7) is 5.17. The fraction of sp³-hybridized carbons (Fsp3) is 0.414. The first kappa shape index (κ1) is 25.6. The van der Waals surface area contributed by atoms with Gasteiger partial charge in [-0.2, -0.15) is 5.10 Å². The normalized spacial score (nSPS) is 17.6. The molecule has 2 fully saturated rings. The fourth-order valence-electron chi connectivity index (χ4n) is 4.94. The van der Waals surface area contributed by atoms with Gasteiger partial charge in [0.1, 0.15) is 5.75 Å². The minimum Gasteiger partial charge on any atom is -0.478 e.